The molecule has 5 heteroatoms. The topological polar surface area (TPSA) is 82.8 Å². The molecule has 1 heterocycles. The second-order valence-electron chi connectivity index (χ2n) is 9.69. The van der Waals surface area contributed by atoms with Crippen LogP contribution in [0.3, 0.4) is 0 Å². The number of pyridine rings is 1. The minimum atomic E-state index is -0.660. The van der Waals surface area contributed by atoms with Gasteiger partial charge in [0.05, 0.1) is 11.6 Å². The lowest BCUT2D eigenvalue weighted by Gasteiger charge is -2.28. The maximum Gasteiger partial charge on any atom is 0.306 e. The first-order valence-electron chi connectivity index (χ1n) is 12.3. The first kappa shape index (κ1) is 23.9. The third kappa shape index (κ3) is 5.46. The lowest BCUT2D eigenvalue weighted by Crippen LogP contribution is -2.20. The van der Waals surface area contributed by atoms with Gasteiger partial charge in [-0.3, -0.25) is 9.78 Å². The number of carbonyl (C=O) groups is 1. The molecule has 34 heavy (non-hydrogen) atoms. The van der Waals surface area contributed by atoms with E-state index in [2.05, 4.69) is 53.5 Å². The molecule has 1 aromatic carbocycles. The van der Waals surface area contributed by atoms with Crippen LogP contribution >= 0.6 is 0 Å². The molecule has 0 aliphatic heterocycles. The number of rotatable bonds is 7. The Bertz CT molecular complexity index is 1110. The average Bonchev–Trinajstić information content (AvgIpc) is 2.86. The van der Waals surface area contributed by atoms with Crippen LogP contribution in [-0.2, 0) is 4.79 Å². The fourth-order valence-corrected chi connectivity index (χ4v) is 5.50. The van der Waals surface area contributed by atoms with Crippen LogP contribution in [0.2, 0.25) is 0 Å². The molecule has 2 N–H and O–H groups in total. The highest BCUT2D eigenvalue weighted by atomic mass is 16.4. The molecule has 2 aliphatic rings. The van der Waals surface area contributed by atoms with Crippen LogP contribution in [0.5, 0.6) is 0 Å². The standard InChI is InChI=1S/C29H34N2O3/c1-19-5-3-4-6-26(19)27(18-28(31-34)25-15-16-30-20(2)17-25)23-11-7-21(8-12-23)22-9-13-24(14-10-22)29(32)33/h3,5,7-8,11-12,15-17,22,24,27,34H,4,6,9-10,13-14,18H2,1-2H3,(H,32,33)/b31-28+/t22-,24+,27-/m1/s1. The number of aliphatic carboxylic acids is 1. The van der Waals surface area contributed by atoms with Gasteiger partial charge in [-0.25, -0.2) is 0 Å². The minimum absolute atomic E-state index is 0.126. The van der Waals surface area contributed by atoms with E-state index in [0.29, 0.717) is 18.1 Å². The number of carboxylic acid groups (broad SMARTS) is 1. The number of nitrogens with zero attached hydrogens (tertiary/aromatic N) is 2. The van der Waals surface area contributed by atoms with Crippen molar-refractivity contribution in [3.8, 4) is 0 Å². The van der Waals surface area contributed by atoms with Crippen LogP contribution in [0, 0.1) is 12.8 Å². The van der Waals surface area contributed by atoms with Crippen molar-refractivity contribution in [1.29, 1.82) is 0 Å². The van der Waals surface area contributed by atoms with E-state index < -0.39 is 5.97 Å². The fraction of sp³-hybridized carbons (Fsp3) is 0.414. The number of carboxylic acids is 1. The summed E-state index contributed by atoms with van der Waals surface area (Å²) in [7, 11) is 0. The quantitative estimate of drug-likeness (QED) is 0.272. The number of hydrogen-bond acceptors (Lipinski definition) is 4. The van der Waals surface area contributed by atoms with Gasteiger partial charge in [0.15, 0.2) is 0 Å². The lowest BCUT2D eigenvalue weighted by atomic mass is 9.77. The fourth-order valence-electron chi connectivity index (χ4n) is 5.50. The summed E-state index contributed by atoms with van der Waals surface area (Å²) in [5, 5.41) is 22.9. The molecule has 0 unspecified atom stereocenters. The van der Waals surface area contributed by atoms with E-state index in [1.54, 1.807) is 6.20 Å². The Hall–Kier alpha value is -3.21. The highest BCUT2D eigenvalue weighted by molar-refractivity contribution is 6.00. The molecular weight excluding hydrogens is 424 g/mol. The predicted octanol–water partition coefficient (Wildman–Crippen LogP) is 6.77. The smallest absolute Gasteiger partial charge is 0.306 e. The molecule has 5 nitrogen and oxygen atoms in total. The Balaban J connectivity index is 1.60. The molecule has 0 spiro atoms. The zero-order chi connectivity index (χ0) is 24.1. The molecule has 1 fully saturated rings. The van der Waals surface area contributed by atoms with Crippen LogP contribution in [0.15, 0.2) is 71.0 Å². The molecule has 0 amide bonds. The molecule has 1 atom stereocenters. The summed E-state index contributed by atoms with van der Waals surface area (Å²) in [6.07, 6.45) is 12.2. The third-order valence-electron chi connectivity index (χ3n) is 7.51. The third-order valence-corrected chi connectivity index (χ3v) is 7.51. The van der Waals surface area contributed by atoms with E-state index in [-0.39, 0.29) is 11.8 Å². The first-order chi connectivity index (χ1) is 16.5. The second-order valence-corrected chi connectivity index (χ2v) is 9.69. The van der Waals surface area contributed by atoms with E-state index in [0.717, 1.165) is 49.8 Å². The number of oxime groups is 1. The van der Waals surface area contributed by atoms with Crippen LogP contribution in [-0.4, -0.2) is 27.0 Å². The van der Waals surface area contributed by atoms with Crippen molar-refractivity contribution in [3.05, 3.63) is 88.3 Å². The predicted molar refractivity (Wildman–Crippen MR) is 135 cm³/mol. The van der Waals surface area contributed by atoms with E-state index >= 15 is 0 Å². The molecule has 4 rings (SSSR count). The van der Waals surface area contributed by atoms with E-state index in [9.17, 15) is 15.1 Å². The van der Waals surface area contributed by atoms with Crippen molar-refractivity contribution in [2.75, 3.05) is 0 Å². The molecule has 0 bridgehead atoms. The van der Waals surface area contributed by atoms with Crippen molar-refractivity contribution in [2.45, 2.75) is 70.6 Å². The molecule has 1 aromatic heterocycles. The molecule has 178 valence electrons. The van der Waals surface area contributed by atoms with Gasteiger partial charge in [0.1, 0.15) is 0 Å². The summed E-state index contributed by atoms with van der Waals surface area (Å²) in [6, 6.07) is 12.7. The molecule has 0 saturated heterocycles. The van der Waals surface area contributed by atoms with Crippen molar-refractivity contribution in [2.24, 2.45) is 11.1 Å². The van der Waals surface area contributed by atoms with Gasteiger partial charge >= 0.3 is 5.97 Å². The van der Waals surface area contributed by atoms with Gasteiger partial charge in [0, 0.05) is 29.8 Å². The molecular formula is C29H34N2O3. The number of hydrogen-bond donors (Lipinski definition) is 2. The van der Waals surface area contributed by atoms with Gasteiger partial charge in [-0.05, 0) is 81.5 Å². The normalized spacial score (nSPS) is 22.0. The summed E-state index contributed by atoms with van der Waals surface area (Å²) in [5.74, 6) is -0.299. The minimum Gasteiger partial charge on any atom is -0.481 e. The summed E-state index contributed by atoms with van der Waals surface area (Å²) in [5.41, 5.74) is 7.66. The van der Waals surface area contributed by atoms with Gasteiger partial charge in [-0.15, -0.1) is 0 Å². The highest BCUT2D eigenvalue weighted by Gasteiger charge is 2.27. The Labute approximate surface area is 201 Å². The SMILES string of the molecule is CC1=C([C@H](C/C(=N\O)c2ccnc(C)c2)c2ccc([C@H]3CC[C@@H](C(=O)O)CC3)cc2)CCC=C1. The van der Waals surface area contributed by atoms with Gasteiger partial charge in [-0.1, -0.05) is 52.7 Å². The van der Waals surface area contributed by atoms with Gasteiger partial charge in [0.25, 0.3) is 0 Å². The lowest BCUT2D eigenvalue weighted by molar-refractivity contribution is -0.142. The highest BCUT2D eigenvalue weighted by Crippen LogP contribution is 2.39. The van der Waals surface area contributed by atoms with E-state index in [1.165, 1.54) is 22.3 Å². The zero-order valence-corrected chi connectivity index (χ0v) is 20.1. The van der Waals surface area contributed by atoms with Crippen LogP contribution in [0.25, 0.3) is 0 Å². The van der Waals surface area contributed by atoms with Crippen molar-refractivity contribution < 1.29 is 15.1 Å². The van der Waals surface area contributed by atoms with E-state index in [1.807, 2.05) is 19.1 Å². The Morgan fingerprint density at radius 3 is 2.47 bits per heavy atom. The molecule has 1 saturated carbocycles. The number of aryl methyl sites for hydroxylation is 1. The molecule has 2 aliphatic carbocycles. The summed E-state index contributed by atoms with van der Waals surface area (Å²) >= 11 is 0. The number of benzene rings is 1. The average molecular weight is 459 g/mol. The van der Waals surface area contributed by atoms with Gasteiger partial charge in [0.2, 0.25) is 0 Å². The Kier molecular flexibility index (Phi) is 7.61. The zero-order valence-electron chi connectivity index (χ0n) is 20.1. The maximum absolute atomic E-state index is 11.3. The summed E-state index contributed by atoms with van der Waals surface area (Å²) < 4.78 is 0. The molecule has 0 radical (unpaired) electrons. The van der Waals surface area contributed by atoms with E-state index in [4.69, 9.17) is 0 Å². The van der Waals surface area contributed by atoms with Crippen LogP contribution in [0.1, 0.15) is 86.1 Å². The van der Waals surface area contributed by atoms with Crippen LogP contribution in [0.4, 0.5) is 0 Å². The van der Waals surface area contributed by atoms with Crippen molar-refractivity contribution in [1.82, 2.24) is 4.98 Å². The van der Waals surface area contributed by atoms with Gasteiger partial charge in [-0.2, -0.15) is 0 Å². The Morgan fingerprint density at radius 2 is 1.85 bits per heavy atom. The van der Waals surface area contributed by atoms with Crippen molar-refractivity contribution >= 4 is 11.7 Å². The monoisotopic (exact) mass is 458 g/mol. The maximum atomic E-state index is 11.3. The molecule has 2 aromatic rings. The first-order valence-corrected chi connectivity index (χ1v) is 12.3. The van der Waals surface area contributed by atoms with Gasteiger partial charge < -0.3 is 10.3 Å². The largest absolute Gasteiger partial charge is 0.481 e. The summed E-state index contributed by atoms with van der Waals surface area (Å²) in [4.78, 5) is 15.6. The Morgan fingerprint density at radius 1 is 1.12 bits per heavy atom. The number of aromatic nitrogens is 1. The van der Waals surface area contributed by atoms with Crippen molar-refractivity contribution in [3.63, 3.8) is 0 Å². The number of allylic oxidation sites excluding steroid dienone is 4. The van der Waals surface area contributed by atoms with Crippen LogP contribution < -0.4 is 0 Å². The summed E-state index contributed by atoms with van der Waals surface area (Å²) in [6.45, 7) is 4.11. The second kappa shape index (κ2) is 10.8.